The lowest BCUT2D eigenvalue weighted by molar-refractivity contribution is -0.116. The molecule has 0 radical (unpaired) electrons. The Balaban J connectivity index is 2.09. The SMILES string of the molecule is O=C(Cn1nc(Cl)nc1Cl)Nc1cc(Cl)ccc1Cl. The molecule has 1 aromatic carbocycles. The van der Waals surface area contributed by atoms with E-state index in [4.69, 9.17) is 46.4 Å². The number of carbonyl (C=O) groups excluding carboxylic acids is 1. The van der Waals surface area contributed by atoms with Crippen LogP contribution in [0.2, 0.25) is 20.6 Å². The molecule has 2 rings (SSSR count). The first-order valence-corrected chi connectivity index (χ1v) is 6.47. The number of rotatable bonds is 3. The zero-order valence-corrected chi connectivity index (χ0v) is 12.2. The van der Waals surface area contributed by atoms with Crippen LogP contribution in [0.3, 0.4) is 0 Å². The summed E-state index contributed by atoms with van der Waals surface area (Å²) in [6, 6.07) is 4.74. The number of benzene rings is 1. The number of hydrogen-bond donors (Lipinski definition) is 1. The Morgan fingerprint density at radius 2 is 2.00 bits per heavy atom. The number of amides is 1. The summed E-state index contributed by atoms with van der Waals surface area (Å²) in [5.41, 5.74) is 0.404. The lowest BCUT2D eigenvalue weighted by Crippen LogP contribution is -2.19. The summed E-state index contributed by atoms with van der Waals surface area (Å²) in [7, 11) is 0. The predicted molar refractivity (Wildman–Crippen MR) is 75.1 cm³/mol. The zero-order valence-electron chi connectivity index (χ0n) is 9.20. The highest BCUT2D eigenvalue weighted by Crippen LogP contribution is 2.25. The third-order valence-electron chi connectivity index (χ3n) is 2.10. The van der Waals surface area contributed by atoms with Crippen molar-refractivity contribution < 1.29 is 4.79 Å². The van der Waals surface area contributed by atoms with Crippen LogP contribution < -0.4 is 5.32 Å². The number of halogens is 4. The smallest absolute Gasteiger partial charge is 0.246 e. The third-order valence-corrected chi connectivity index (χ3v) is 3.10. The molecule has 100 valence electrons. The minimum absolute atomic E-state index is 0.0253. The summed E-state index contributed by atoms with van der Waals surface area (Å²) < 4.78 is 1.16. The van der Waals surface area contributed by atoms with Crippen molar-refractivity contribution in [2.75, 3.05) is 5.32 Å². The minimum Gasteiger partial charge on any atom is -0.323 e. The average molecular weight is 340 g/mol. The number of nitrogens with one attached hydrogen (secondary N) is 1. The highest BCUT2D eigenvalue weighted by Gasteiger charge is 2.12. The van der Waals surface area contributed by atoms with Gasteiger partial charge in [-0.2, -0.15) is 4.98 Å². The molecule has 1 N–H and O–H groups in total. The van der Waals surface area contributed by atoms with Gasteiger partial charge in [-0.05, 0) is 41.4 Å². The van der Waals surface area contributed by atoms with Gasteiger partial charge in [-0.15, -0.1) is 5.10 Å². The lowest BCUT2D eigenvalue weighted by Gasteiger charge is -2.07. The fraction of sp³-hybridized carbons (Fsp3) is 0.100. The van der Waals surface area contributed by atoms with E-state index in [1.54, 1.807) is 12.1 Å². The molecule has 0 aliphatic rings. The first-order chi connectivity index (χ1) is 8.95. The molecule has 9 heteroatoms. The molecule has 2 aromatic rings. The van der Waals surface area contributed by atoms with Gasteiger partial charge in [-0.1, -0.05) is 23.2 Å². The topological polar surface area (TPSA) is 59.8 Å². The van der Waals surface area contributed by atoms with Crippen molar-refractivity contribution in [3.05, 3.63) is 38.8 Å². The van der Waals surface area contributed by atoms with Crippen molar-refractivity contribution in [2.45, 2.75) is 6.54 Å². The average Bonchev–Trinajstić information content (AvgIpc) is 2.62. The van der Waals surface area contributed by atoms with Crippen LogP contribution in [0, 0.1) is 0 Å². The van der Waals surface area contributed by atoms with E-state index < -0.39 is 0 Å². The molecule has 1 amide bonds. The van der Waals surface area contributed by atoms with Gasteiger partial charge >= 0.3 is 0 Å². The maximum Gasteiger partial charge on any atom is 0.246 e. The van der Waals surface area contributed by atoms with E-state index in [0.717, 1.165) is 4.68 Å². The molecule has 19 heavy (non-hydrogen) atoms. The summed E-state index contributed by atoms with van der Waals surface area (Å²) >= 11 is 23.0. The third kappa shape index (κ3) is 3.73. The maximum atomic E-state index is 11.8. The van der Waals surface area contributed by atoms with E-state index in [2.05, 4.69) is 15.4 Å². The highest BCUT2D eigenvalue weighted by atomic mass is 35.5. The van der Waals surface area contributed by atoms with Crippen molar-refractivity contribution in [3.8, 4) is 0 Å². The first kappa shape index (κ1) is 14.4. The van der Waals surface area contributed by atoms with E-state index in [1.807, 2.05) is 0 Å². The van der Waals surface area contributed by atoms with Crippen LogP contribution in [0.25, 0.3) is 0 Å². The Kier molecular flexibility index (Phi) is 4.52. The molecule has 0 spiro atoms. The quantitative estimate of drug-likeness (QED) is 0.930. The van der Waals surface area contributed by atoms with E-state index >= 15 is 0 Å². The van der Waals surface area contributed by atoms with Gasteiger partial charge < -0.3 is 5.32 Å². The minimum atomic E-state index is -0.382. The molecule has 0 atom stereocenters. The van der Waals surface area contributed by atoms with E-state index in [-0.39, 0.29) is 23.0 Å². The molecule has 0 saturated heterocycles. The number of carbonyl (C=O) groups is 1. The molecule has 0 aliphatic carbocycles. The molecular formula is C10H6Cl4N4O. The van der Waals surface area contributed by atoms with Gasteiger partial charge in [-0.25, -0.2) is 4.68 Å². The first-order valence-electron chi connectivity index (χ1n) is 4.96. The Bertz CT molecular complexity index is 628. The molecule has 5 nitrogen and oxygen atoms in total. The molecule has 1 heterocycles. The van der Waals surface area contributed by atoms with E-state index in [0.29, 0.717) is 15.7 Å². The van der Waals surface area contributed by atoms with Crippen LogP contribution in [0.1, 0.15) is 0 Å². The standard InChI is InChI=1S/C10H6Cl4N4O/c11-5-1-2-6(12)7(3-5)15-8(19)4-18-10(14)16-9(13)17-18/h1-3H,4H2,(H,15,19). The van der Waals surface area contributed by atoms with Crippen LogP contribution >= 0.6 is 46.4 Å². The second-order valence-corrected chi connectivity index (χ2v) is 5.00. The van der Waals surface area contributed by atoms with Crippen LogP contribution in [0.4, 0.5) is 5.69 Å². The predicted octanol–water partition coefficient (Wildman–Crippen LogP) is 3.53. The summed E-state index contributed by atoms with van der Waals surface area (Å²) in [5, 5.41) is 7.17. The lowest BCUT2D eigenvalue weighted by atomic mass is 10.3. The molecule has 1 aromatic heterocycles. The van der Waals surface area contributed by atoms with Crippen molar-refractivity contribution >= 4 is 58.0 Å². The molecule has 0 aliphatic heterocycles. The summed E-state index contributed by atoms with van der Waals surface area (Å²) in [4.78, 5) is 15.5. The molecule has 0 unspecified atom stereocenters. The fourth-order valence-corrected chi connectivity index (χ4v) is 2.05. The van der Waals surface area contributed by atoms with Crippen molar-refractivity contribution in [1.29, 1.82) is 0 Å². The number of hydrogen-bond acceptors (Lipinski definition) is 3. The maximum absolute atomic E-state index is 11.8. The highest BCUT2D eigenvalue weighted by molar-refractivity contribution is 6.35. The number of aromatic nitrogens is 3. The molecule has 0 bridgehead atoms. The second-order valence-electron chi connectivity index (χ2n) is 3.48. The van der Waals surface area contributed by atoms with Crippen molar-refractivity contribution in [3.63, 3.8) is 0 Å². The van der Waals surface area contributed by atoms with Gasteiger partial charge in [0.25, 0.3) is 0 Å². The van der Waals surface area contributed by atoms with Gasteiger partial charge in [0.1, 0.15) is 6.54 Å². The van der Waals surface area contributed by atoms with E-state index in [1.165, 1.54) is 6.07 Å². The van der Waals surface area contributed by atoms with Crippen molar-refractivity contribution in [1.82, 2.24) is 14.8 Å². The summed E-state index contributed by atoms with van der Waals surface area (Å²) in [5.74, 6) is -0.382. The normalized spacial score (nSPS) is 10.5. The summed E-state index contributed by atoms with van der Waals surface area (Å²) in [6.45, 7) is -0.138. The zero-order chi connectivity index (χ0) is 14.0. The van der Waals surface area contributed by atoms with Gasteiger partial charge in [0.15, 0.2) is 0 Å². The molecule has 0 fully saturated rings. The van der Waals surface area contributed by atoms with Gasteiger partial charge in [0.2, 0.25) is 16.5 Å². The fourth-order valence-electron chi connectivity index (χ4n) is 1.32. The molecular weight excluding hydrogens is 334 g/mol. The Morgan fingerprint density at radius 3 is 2.63 bits per heavy atom. The Morgan fingerprint density at radius 1 is 1.26 bits per heavy atom. The van der Waals surface area contributed by atoms with Crippen LogP contribution in [0.15, 0.2) is 18.2 Å². The van der Waals surface area contributed by atoms with Gasteiger partial charge in [0.05, 0.1) is 10.7 Å². The number of nitrogens with zero attached hydrogens (tertiary/aromatic N) is 3. The summed E-state index contributed by atoms with van der Waals surface area (Å²) in [6.07, 6.45) is 0. The van der Waals surface area contributed by atoms with Crippen LogP contribution in [0.5, 0.6) is 0 Å². The Labute approximate surface area is 128 Å². The monoisotopic (exact) mass is 338 g/mol. The molecule has 0 saturated carbocycles. The van der Waals surface area contributed by atoms with Crippen molar-refractivity contribution in [2.24, 2.45) is 0 Å². The van der Waals surface area contributed by atoms with Gasteiger partial charge in [-0.3, -0.25) is 4.79 Å². The number of anilines is 1. The second kappa shape index (κ2) is 5.96. The van der Waals surface area contributed by atoms with E-state index in [9.17, 15) is 4.79 Å². The van der Waals surface area contributed by atoms with Gasteiger partial charge in [0, 0.05) is 5.02 Å². The van der Waals surface area contributed by atoms with Crippen LogP contribution in [-0.2, 0) is 11.3 Å². The largest absolute Gasteiger partial charge is 0.323 e. The Hall–Kier alpha value is -1.01. The van der Waals surface area contributed by atoms with Crippen LogP contribution in [-0.4, -0.2) is 20.7 Å².